The number of halogens is 2. The number of carbonyl (C=O) groups is 1. The Kier molecular flexibility index (Phi) is 11.9. The van der Waals surface area contributed by atoms with Gasteiger partial charge in [0.1, 0.15) is 0 Å². The van der Waals surface area contributed by atoms with E-state index in [4.69, 9.17) is 10.5 Å². The molecule has 1 heterocycles. The van der Waals surface area contributed by atoms with Crippen molar-refractivity contribution in [2.75, 3.05) is 13.7 Å². The van der Waals surface area contributed by atoms with E-state index in [2.05, 4.69) is 22.4 Å². The second-order valence-corrected chi connectivity index (χ2v) is 5.90. The molecule has 1 aromatic heterocycles. The number of imidazole rings is 1. The van der Waals surface area contributed by atoms with Crippen LogP contribution in [0, 0.1) is 0 Å². The van der Waals surface area contributed by atoms with Crippen LogP contribution in [0.25, 0.3) is 0 Å². The first-order valence-corrected chi connectivity index (χ1v) is 8.21. The molecule has 1 amide bonds. The predicted molar refractivity (Wildman–Crippen MR) is 108 cm³/mol. The first-order chi connectivity index (χ1) is 11.6. The van der Waals surface area contributed by atoms with Crippen LogP contribution < -0.4 is 11.1 Å². The van der Waals surface area contributed by atoms with E-state index in [1.54, 1.807) is 13.4 Å². The SMILES string of the molecule is CCC(COC)NC(=O)[C@@H](N)Cc1cn(Cc2ccccc2)cn1.Cl.Cl. The summed E-state index contributed by atoms with van der Waals surface area (Å²) in [5.74, 6) is -0.170. The number of carbonyl (C=O) groups excluding carboxylic acids is 1. The standard InChI is InChI=1S/C18H26N4O2.2ClH/c1-3-15(12-24-2)21-18(23)17(19)9-16-11-22(13-20-16)10-14-7-5-4-6-8-14;;/h4-8,11,13,15,17H,3,9-10,12,19H2,1-2H3,(H,21,23);2*1H/t15?,17-;;/m0../s1. The van der Waals surface area contributed by atoms with Gasteiger partial charge in [-0.15, -0.1) is 24.8 Å². The normalized spacial score (nSPS) is 12.4. The number of nitrogens with two attached hydrogens (primary N) is 1. The number of hydrogen-bond acceptors (Lipinski definition) is 4. The van der Waals surface area contributed by atoms with E-state index in [1.165, 1.54) is 5.56 Å². The van der Waals surface area contributed by atoms with Gasteiger partial charge in [0.05, 0.1) is 30.7 Å². The zero-order valence-electron chi connectivity index (χ0n) is 15.1. The molecule has 146 valence electrons. The molecule has 1 unspecified atom stereocenters. The molecule has 0 saturated carbocycles. The highest BCUT2D eigenvalue weighted by Crippen LogP contribution is 2.05. The fourth-order valence-electron chi connectivity index (χ4n) is 2.48. The third-order valence-corrected chi connectivity index (χ3v) is 3.87. The Balaban J connectivity index is 0.00000312. The third kappa shape index (κ3) is 7.74. The number of ether oxygens (including phenoxy) is 1. The van der Waals surface area contributed by atoms with Crippen LogP contribution in [0.4, 0.5) is 0 Å². The Hall–Kier alpha value is -1.60. The molecule has 1 aromatic carbocycles. The lowest BCUT2D eigenvalue weighted by atomic mass is 10.1. The predicted octanol–water partition coefficient (Wildman–Crippen LogP) is 2.19. The molecule has 2 rings (SSSR count). The van der Waals surface area contributed by atoms with Crippen molar-refractivity contribution >= 4 is 30.7 Å². The number of nitrogens with zero attached hydrogens (tertiary/aromatic N) is 2. The van der Waals surface area contributed by atoms with Crippen molar-refractivity contribution < 1.29 is 9.53 Å². The molecule has 0 fully saturated rings. The number of aromatic nitrogens is 2. The Morgan fingerprint density at radius 3 is 2.62 bits per heavy atom. The zero-order valence-corrected chi connectivity index (χ0v) is 16.8. The zero-order chi connectivity index (χ0) is 17.4. The van der Waals surface area contributed by atoms with E-state index in [0.717, 1.165) is 18.7 Å². The molecule has 0 aliphatic rings. The van der Waals surface area contributed by atoms with Gasteiger partial charge in [0.25, 0.3) is 0 Å². The molecule has 0 aliphatic heterocycles. The van der Waals surface area contributed by atoms with Crippen molar-refractivity contribution in [3.05, 3.63) is 54.1 Å². The van der Waals surface area contributed by atoms with E-state index >= 15 is 0 Å². The minimum absolute atomic E-state index is 0. The maximum atomic E-state index is 12.2. The van der Waals surface area contributed by atoms with Crippen LogP contribution in [-0.4, -0.2) is 41.3 Å². The number of methoxy groups -OCH3 is 1. The maximum absolute atomic E-state index is 12.2. The van der Waals surface area contributed by atoms with Crippen LogP contribution in [0.15, 0.2) is 42.9 Å². The molecule has 3 N–H and O–H groups in total. The van der Waals surface area contributed by atoms with Crippen LogP contribution >= 0.6 is 24.8 Å². The van der Waals surface area contributed by atoms with Crippen LogP contribution in [0.3, 0.4) is 0 Å². The first kappa shape index (κ1) is 24.4. The molecule has 6 nitrogen and oxygen atoms in total. The number of benzene rings is 1. The van der Waals surface area contributed by atoms with E-state index in [0.29, 0.717) is 13.0 Å². The van der Waals surface area contributed by atoms with Crippen LogP contribution in [0.1, 0.15) is 24.6 Å². The average Bonchev–Trinajstić information content (AvgIpc) is 3.02. The van der Waals surface area contributed by atoms with Crippen LogP contribution in [-0.2, 0) is 22.5 Å². The van der Waals surface area contributed by atoms with Gasteiger partial charge in [-0.3, -0.25) is 4.79 Å². The lowest BCUT2D eigenvalue weighted by Gasteiger charge is -2.18. The molecule has 0 aliphatic carbocycles. The molecular formula is C18H28Cl2N4O2. The smallest absolute Gasteiger partial charge is 0.237 e. The Morgan fingerprint density at radius 2 is 2.00 bits per heavy atom. The number of hydrogen-bond donors (Lipinski definition) is 2. The van der Waals surface area contributed by atoms with Crippen molar-refractivity contribution in [2.24, 2.45) is 5.73 Å². The van der Waals surface area contributed by atoms with E-state index in [-0.39, 0.29) is 36.8 Å². The summed E-state index contributed by atoms with van der Waals surface area (Å²) in [4.78, 5) is 16.5. The average molecular weight is 403 g/mol. The topological polar surface area (TPSA) is 82.2 Å². The van der Waals surface area contributed by atoms with Gasteiger partial charge in [0, 0.05) is 26.3 Å². The summed E-state index contributed by atoms with van der Waals surface area (Å²) in [6.45, 7) is 3.24. The highest BCUT2D eigenvalue weighted by Gasteiger charge is 2.18. The molecule has 26 heavy (non-hydrogen) atoms. The summed E-state index contributed by atoms with van der Waals surface area (Å²) in [5.41, 5.74) is 8.02. The number of rotatable bonds is 9. The highest BCUT2D eigenvalue weighted by molar-refractivity contribution is 5.85. The Bertz CT molecular complexity index is 637. The monoisotopic (exact) mass is 402 g/mol. The quantitative estimate of drug-likeness (QED) is 0.673. The van der Waals surface area contributed by atoms with Crippen molar-refractivity contribution in [3.63, 3.8) is 0 Å². The maximum Gasteiger partial charge on any atom is 0.237 e. The van der Waals surface area contributed by atoms with Crippen molar-refractivity contribution in [2.45, 2.75) is 38.4 Å². The second-order valence-electron chi connectivity index (χ2n) is 5.90. The number of nitrogens with one attached hydrogen (secondary N) is 1. The van der Waals surface area contributed by atoms with Crippen molar-refractivity contribution in [3.8, 4) is 0 Å². The van der Waals surface area contributed by atoms with Gasteiger partial charge in [-0.1, -0.05) is 37.3 Å². The molecule has 2 aromatic rings. The minimum Gasteiger partial charge on any atom is -0.383 e. The fourth-order valence-corrected chi connectivity index (χ4v) is 2.48. The van der Waals surface area contributed by atoms with Crippen LogP contribution in [0.2, 0.25) is 0 Å². The summed E-state index contributed by atoms with van der Waals surface area (Å²) >= 11 is 0. The van der Waals surface area contributed by atoms with Gasteiger partial charge in [0.15, 0.2) is 0 Å². The Labute approximate surface area is 167 Å². The van der Waals surface area contributed by atoms with E-state index < -0.39 is 6.04 Å². The van der Waals surface area contributed by atoms with Crippen molar-refractivity contribution in [1.29, 1.82) is 0 Å². The highest BCUT2D eigenvalue weighted by atomic mass is 35.5. The minimum atomic E-state index is -0.615. The van der Waals surface area contributed by atoms with E-state index in [1.807, 2.05) is 35.9 Å². The van der Waals surface area contributed by atoms with Gasteiger partial charge in [-0.2, -0.15) is 0 Å². The summed E-state index contributed by atoms with van der Waals surface area (Å²) in [7, 11) is 1.62. The van der Waals surface area contributed by atoms with Gasteiger partial charge >= 0.3 is 0 Å². The lowest BCUT2D eigenvalue weighted by Crippen LogP contribution is -2.47. The van der Waals surface area contributed by atoms with Crippen molar-refractivity contribution in [1.82, 2.24) is 14.9 Å². The van der Waals surface area contributed by atoms with Gasteiger partial charge < -0.3 is 20.4 Å². The molecule has 0 saturated heterocycles. The molecule has 0 bridgehead atoms. The van der Waals surface area contributed by atoms with Crippen LogP contribution in [0.5, 0.6) is 0 Å². The summed E-state index contributed by atoms with van der Waals surface area (Å²) < 4.78 is 7.08. The van der Waals surface area contributed by atoms with Gasteiger partial charge in [-0.05, 0) is 12.0 Å². The fraction of sp³-hybridized carbons (Fsp3) is 0.444. The second kappa shape index (κ2) is 12.7. The molecule has 8 heteroatoms. The summed E-state index contributed by atoms with van der Waals surface area (Å²) in [6, 6.07) is 9.53. The molecule has 2 atom stereocenters. The number of amides is 1. The summed E-state index contributed by atoms with van der Waals surface area (Å²) in [6.07, 6.45) is 4.92. The van der Waals surface area contributed by atoms with Gasteiger partial charge in [0.2, 0.25) is 5.91 Å². The Morgan fingerprint density at radius 1 is 1.31 bits per heavy atom. The summed E-state index contributed by atoms with van der Waals surface area (Å²) in [5, 5.41) is 2.91. The van der Waals surface area contributed by atoms with Gasteiger partial charge in [-0.25, -0.2) is 4.98 Å². The van der Waals surface area contributed by atoms with E-state index in [9.17, 15) is 4.79 Å². The largest absolute Gasteiger partial charge is 0.383 e. The molecular weight excluding hydrogens is 375 g/mol. The first-order valence-electron chi connectivity index (χ1n) is 8.21. The third-order valence-electron chi connectivity index (χ3n) is 3.87. The lowest BCUT2D eigenvalue weighted by molar-refractivity contribution is -0.123. The molecule has 0 spiro atoms. The molecule has 0 radical (unpaired) electrons.